The fraction of sp³-hybridized carbons (Fsp3) is 0.333. The second-order valence-electron chi connectivity index (χ2n) is 4.21. The van der Waals surface area contributed by atoms with E-state index in [1.54, 1.807) is 6.20 Å². The van der Waals surface area contributed by atoms with E-state index in [1.807, 2.05) is 43.6 Å². The topological polar surface area (TPSA) is 47.0 Å². The highest BCUT2D eigenvalue weighted by atomic mass is 16.5. The van der Waals surface area contributed by atoms with Crippen molar-refractivity contribution in [3.8, 4) is 5.75 Å². The molecule has 0 atom stereocenters. The lowest BCUT2D eigenvalue weighted by Gasteiger charge is -2.08. The van der Waals surface area contributed by atoms with Crippen LogP contribution in [0.5, 0.6) is 5.75 Å². The van der Waals surface area contributed by atoms with Crippen molar-refractivity contribution in [1.29, 1.82) is 0 Å². The molecule has 2 heterocycles. The molecule has 2 rings (SSSR count). The molecule has 0 aliphatic carbocycles. The first-order valence-corrected chi connectivity index (χ1v) is 6.60. The number of hydrogen-bond acceptors (Lipinski definition) is 4. The van der Waals surface area contributed by atoms with Gasteiger partial charge < -0.3 is 10.1 Å². The molecular formula is C15H19N3O. The van der Waals surface area contributed by atoms with Crippen molar-refractivity contribution in [1.82, 2.24) is 9.97 Å². The third kappa shape index (κ3) is 4.58. The highest BCUT2D eigenvalue weighted by Crippen LogP contribution is 2.14. The number of ether oxygens (including phenoxy) is 1. The number of aryl methyl sites for hydroxylation is 1. The van der Waals surface area contributed by atoms with Crippen LogP contribution in [-0.4, -0.2) is 23.1 Å². The maximum absolute atomic E-state index is 5.72. The van der Waals surface area contributed by atoms with E-state index in [1.165, 1.54) is 5.56 Å². The predicted octanol–water partition coefficient (Wildman–Crippen LogP) is 2.92. The smallest absolute Gasteiger partial charge is 0.129 e. The summed E-state index contributed by atoms with van der Waals surface area (Å²) in [6, 6.07) is 7.88. The van der Waals surface area contributed by atoms with Crippen LogP contribution in [0.1, 0.15) is 18.9 Å². The largest absolute Gasteiger partial charge is 0.493 e. The van der Waals surface area contributed by atoms with Crippen LogP contribution in [0.25, 0.3) is 0 Å². The monoisotopic (exact) mass is 257 g/mol. The normalized spacial score (nSPS) is 10.2. The number of pyridine rings is 2. The number of nitrogens with zero attached hydrogens (tertiary/aromatic N) is 2. The van der Waals surface area contributed by atoms with E-state index in [4.69, 9.17) is 4.74 Å². The third-order valence-corrected chi connectivity index (χ3v) is 2.72. The van der Waals surface area contributed by atoms with Crippen molar-refractivity contribution in [2.24, 2.45) is 0 Å². The van der Waals surface area contributed by atoms with Crippen molar-refractivity contribution in [2.75, 3.05) is 18.5 Å². The lowest BCUT2D eigenvalue weighted by atomic mass is 10.1. The van der Waals surface area contributed by atoms with Gasteiger partial charge in [0.1, 0.15) is 11.6 Å². The molecule has 4 heteroatoms. The second-order valence-corrected chi connectivity index (χ2v) is 4.21. The number of hydrogen-bond donors (Lipinski definition) is 1. The highest BCUT2D eigenvalue weighted by molar-refractivity contribution is 5.40. The summed E-state index contributed by atoms with van der Waals surface area (Å²) >= 11 is 0. The van der Waals surface area contributed by atoms with E-state index in [0.29, 0.717) is 6.61 Å². The summed E-state index contributed by atoms with van der Waals surface area (Å²) in [5, 5.41) is 3.17. The van der Waals surface area contributed by atoms with Crippen LogP contribution >= 0.6 is 0 Å². The summed E-state index contributed by atoms with van der Waals surface area (Å²) in [7, 11) is 0. The minimum atomic E-state index is 0.706. The van der Waals surface area contributed by atoms with E-state index in [9.17, 15) is 0 Å². The molecule has 0 radical (unpaired) electrons. The van der Waals surface area contributed by atoms with Gasteiger partial charge >= 0.3 is 0 Å². The predicted molar refractivity (Wildman–Crippen MR) is 76.5 cm³/mol. The molecule has 100 valence electrons. The van der Waals surface area contributed by atoms with Gasteiger partial charge in [-0.05, 0) is 43.5 Å². The molecule has 0 aliphatic heterocycles. The Bertz CT molecular complexity index is 488. The van der Waals surface area contributed by atoms with Crippen LogP contribution in [-0.2, 0) is 6.42 Å². The summed E-state index contributed by atoms with van der Waals surface area (Å²) in [6.45, 7) is 3.61. The molecule has 0 saturated carbocycles. The first-order valence-electron chi connectivity index (χ1n) is 6.60. The van der Waals surface area contributed by atoms with Crippen LogP contribution in [0.2, 0.25) is 0 Å². The maximum Gasteiger partial charge on any atom is 0.129 e. The van der Waals surface area contributed by atoms with Gasteiger partial charge in [-0.15, -0.1) is 0 Å². The average Bonchev–Trinajstić information content (AvgIpc) is 2.46. The maximum atomic E-state index is 5.72. The van der Waals surface area contributed by atoms with Crippen LogP contribution in [0.3, 0.4) is 0 Å². The molecule has 0 amide bonds. The van der Waals surface area contributed by atoms with Gasteiger partial charge in [0.25, 0.3) is 0 Å². The van der Waals surface area contributed by atoms with E-state index in [0.717, 1.165) is 31.0 Å². The van der Waals surface area contributed by atoms with Gasteiger partial charge in [0, 0.05) is 31.2 Å². The lowest BCUT2D eigenvalue weighted by Crippen LogP contribution is -2.02. The Balaban J connectivity index is 1.75. The van der Waals surface area contributed by atoms with Crippen LogP contribution in [0, 0.1) is 0 Å². The lowest BCUT2D eigenvalue weighted by molar-refractivity contribution is 0.311. The van der Waals surface area contributed by atoms with Crippen LogP contribution < -0.4 is 10.1 Å². The Morgan fingerprint density at radius 3 is 2.79 bits per heavy atom. The van der Waals surface area contributed by atoms with Crippen molar-refractivity contribution in [3.05, 3.63) is 48.4 Å². The molecule has 0 unspecified atom stereocenters. The first-order chi connectivity index (χ1) is 9.38. The zero-order valence-corrected chi connectivity index (χ0v) is 11.2. The van der Waals surface area contributed by atoms with E-state index < -0.39 is 0 Å². The molecule has 0 bridgehead atoms. The molecule has 0 saturated heterocycles. The van der Waals surface area contributed by atoms with Gasteiger partial charge in [-0.1, -0.05) is 0 Å². The Kier molecular flexibility index (Phi) is 5.17. The Morgan fingerprint density at radius 1 is 1.16 bits per heavy atom. The van der Waals surface area contributed by atoms with Gasteiger partial charge in [0.2, 0.25) is 0 Å². The third-order valence-electron chi connectivity index (χ3n) is 2.72. The summed E-state index contributed by atoms with van der Waals surface area (Å²) < 4.78 is 5.72. The minimum absolute atomic E-state index is 0.706. The first kappa shape index (κ1) is 13.3. The molecule has 1 N–H and O–H groups in total. The highest BCUT2D eigenvalue weighted by Gasteiger charge is 1.98. The number of nitrogens with one attached hydrogen (secondary N) is 1. The van der Waals surface area contributed by atoms with Gasteiger partial charge in [-0.2, -0.15) is 0 Å². The van der Waals surface area contributed by atoms with Gasteiger partial charge in [-0.25, -0.2) is 4.98 Å². The SMILES string of the molecule is CCNc1cc(OCCCc2ccncc2)ccn1. The Labute approximate surface area is 113 Å². The molecule has 19 heavy (non-hydrogen) atoms. The summed E-state index contributed by atoms with van der Waals surface area (Å²) in [6.07, 6.45) is 7.40. The van der Waals surface area contributed by atoms with Gasteiger partial charge in [-0.3, -0.25) is 4.98 Å². The molecule has 0 aromatic carbocycles. The van der Waals surface area contributed by atoms with Gasteiger partial charge in [0.15, 0.2) is 0 Å². The molecular weight excluding hydrogens is 238 g/mol. The molecule has 0 spiro atoms. The van der Waals surface area contributed by atoms with Crippen molar-refractivity contribution >= 4 is 5.82 Å². The molecule has 2 aromatic heterocycles. The van der Waals surface area contributed by atoms with Crippen molar-refractivity contribution < 1.29 is 4.74 Å². The van der Waals surface area contributed by atoms with Crippen LogP contribution in [0.4, 0.5) is 5.82 Å². The minimum Gasteiger partial charge on any atom is -0.493 e. The van der Waals surface area contributed by atoms with Crippen molar-refractivity contribution in [3.63, 3.8) is 0 Å². The fourth-order valence-corrected chi connectivity index (χ4v) is 1.79. The van der Waals surface area contributed by atoms with Gasteiger partial charge in [0.05, 0.1) is 6.61 Å². The molecule has 0 aliphatic rings. The Morgan fingerprint density at radius 2 is 2.00 bits per heavy atom. The zero-order chi connectivity index (χ0) is 13.3. The quantitative estimate of drug-likeness (QED) is 0.775. The summed E-state index contributed by atoms with van der Waals surface area (Å²) in [4.78, 5) is 8.21. The standard InChI is InChI=1S/C15H19N3O/c1-2-17-15-12-14(7-10-18-15)19-11-3-4-13-5-8-16-9-6-13/h5-10,12H,2-4,11H2,1H3,(H,17,18). The number of aromatic nitrogens is 2. The van der Waals surface area contributed by atoms with Crippen LogP contribution in [0.15, 0.2) is 42.9 Å². The molecule has 4 nitrogen and oxygen atoms in total. The van der Waals surface area contributed by atoms with Crippen molar-refractivity contribution in [2.45, 2.75) is 19.8 Å². The number of rotatable bonds is 7. The second kappa shape index (κ2) is 7.36. The van der Waals surface area contributed by atoms with E-state index >= 15 is 0 Å². The molecule has 0 fully saturated rings. The number of anilines is 1. The zero-order valence-electron chi connectivity index (χ0n) is 11.2. The summed E-state index contributed by atoms with van der Waals surface area (Å²) in [5.74, 6) is 1.72. The summed E-state index contributed by atoms with van der Waals surface area (Å²) in [5.41, 5.74) is 1.29. The van der Waals surface area contributed by atoms with E-state index in [-0.39, 0.29) is 0 Å². The van der Waals surface area contributed by atoms with E-state index in [2.05, 4.69) is 15.3 Å². The Hall–Kier alpha value is -2.10. The average molecular weight is 257 g/mol. The molecule has 2 aromatic rings. The fourth-order valence-electron chi connectivity index (χ4n) is 1.79.